The molecule has 38 heavy (non-hydrogen) atoms. The Balaban J connectivity index is 1.21. The summed E-state index contributed by atoms with van der Waals surface area (Å²) in [5, 5.41) is 3.99. The SMILES string of the molecule is Cc1cccc(C(=O)Oc2ccc(C=NNC(=O)C(C)Oc3ccc(OCc4ccccc4)cc3)cc2)c1. The fraction of sp³-hybridized carbons (Fsp3) is 0.129. The molecule has 7 heteroatoms. The molecule has 1 N–H and O–H groups in total. The molecule has 0 heterocycles. The molecule has 7 nitrogen and oxygen atoms in total. The zero-order valence-corrected chi connectivity index (χ0v) is 21.2. The first-order chi connectivity index (χ1) is 18.5. The van der Waals surface area contributed by atoms with Gasteiger partial charge in [-0.3, -0.25) is 4.79 Å². The maximum Gasteiger partial charge on any atom is 0.343 e. The number of carbonyl (C=O) groups is 2. The summed E-state index contributed by atoms with van der Waals surface area (Å²) < 4.78 is 16.9. The Morgan fingerprint density at radius 1 is 0.842 bits per heavy atom. The first kappa shape index (κ1) is 26.2. The summed E-state index contributed by atoms with van der Waals surface area (Å²) in [5.41, 5.74) is 5.74. The Labute approximate surface area is 221 Å². The van der Waals surface area contributed by atoms with Gasteiger partial charge in [0.2, 0.25) is 0 Å². The van der Waals surface area contributed by atoms with Crippen LogP contribution in [0.3, 0.4) is 0 Å². The molecule has 0 saturated heterocycles. The second-order valence-corrected chi connectivity index (χ2v) is 8.57. The summed E-state index contributed by atoms with van der Waals surface area (Å²) in [6.45, 7) is 4.03. The predicted molar refractivity (Wildman–Crippen MR) is 146 cm³/mol. The van der Waals surface area contributed by atoms with Crippen molar-refractivity contribution >= 4 is 18.1 Å². The largest absolute Gasteiger partial charge is 0.489 e. The molecule has 0 bridgehead atoms. The smallest absolute Gasteiger partial charge is 0.343 e. The molecular formula is C31H28N2O5. The van der Waals surface area contributed by atoms with Crippen molar-refractivity contribution < 1.29 is 23.8 Å². The van der Waals surface area contributed by atoms with Crippen molar-refractivity contribution in [2.24, 2.45) is 5.10 Å². The maximum atomic E-state index is 12.4. The van der Waals surface area contributed by atoms with Crippen LogP contribution in [0.4, 0.5) is 0 Å². The lowest BCUT2D eigenvalue weighted by Crippen LogP contribution is -2.33. The van der Waals surface area contributed by atoms with Crippen LogP contribution in [0, 0.1) is 6.92 Å². The van der Waals surface area contributed by atoms with Crippen molar-refractivity contribution in [1.29, 1.82) is 0 Å². The molecule has 1 amide bonds. The zero-order chi connectivity index (χ0) is 26.7. The predicted octanol–water partition coefficient (Wildman–Crippen LogP) is 5.71. The minimum absolute atomic E-state index is 0.394. The number of benzene rings is 4. The first-order valence-electron chi connectivity index (χ1n) is 12.1. The van der Waals surface area contributed by atoms with E-state index in [-0.39, 0.29) is 0 Å². The van der Waals surface area contributed by atoms with Crippen molar-refractivity contribution in [1.82, 2.24) is 5.43 Å². The van der Waals surface area contributed by atoms with E-state index in [1.54, 1.807) is 67.6 Å². The molecule has 0 fully saturated rings. The monoisotopic (exact) mass is 508 g/mol. The average Bonchev–Trinajstić information content (AvgIpc) is 2.94. The van der Waals surface area contributed by atoms with Crippen LogP contribution < -0.4 is 19.6 Å². The summed E-state index contributed by atoms with van der Waals surface area (Å²) in [4.78, 5) is 24.6. The maximum absolute atomic E-state index is 12.4. The molecule has 1 atom stereocenters. The summed E-state index contributed by atoms with van der Waals surface area (Å²) in [7, 11) is 0. The number of amides is 1. The van der Waals surface area contributed by atoms with E-state index in [1.807, 2.05) is 49.4 Å². The number of hydrazone groups is 1. The van der Waals surface area contributed by atoms with Gasteiger partial charge in [0.1, 0.15) is 23.9 Å². The molecule has 0 aliphatic heterocycles. The normalized spacial score (nSPS) is 11.5. The number of aryl methyl sites for hydroxylation is 1. The van der Waals surface area contributed by atoms with Crippen molar-refractivity contribution in [3.05, 3.63) is 125 Å². The third-order valence-electron chi connectivity index (χ3n) is 5.49. The van der Waals surface area contributed by atoms with Crippen molar-refractivity contribution in [3.63, 3.8) is 0 Å². The Kier molecular flexibility index (Phi) is 8.86. The lowest BCUT2D eigenvalue weighted by atomic mass is 10.1. The van der Waals surface area contributed by atoms with Gasteiger partial charge in [0, 0.05) is 0 Å². The van der Waals surface area contributed by atoms with Crippen LogP contribution in [-0.4, -0.2) is 24.2 Å². The van der Waals surface area contributed by atoms with Crippen LogP contribution in [0.15, 0.2) is 108 Å². The van der Waals surface area contributed by atoms with Gasteiger partial charge in [-0.1, -0.05) is 48.0 Å². The van der Waals surface area contributed by atoms with Gasteiger partial charge >= 0.3 is 5.97 Å². The highest BCUT2D eigenvalue weighted by molar-refractivity contribution is 5.91. The number of nitrogens with zero attached hydrogens (tertiary/aromatic N) is 1. The Morgan fingerprint density at radius 2 is 1.53 bits per heavy atom. The minimum atomic E-state index is -0.758. The molecule has 1 unspecified atom stereocenters. The fourth-order valence-corrected chi connectivity index (χ4v) is 3.43. The molecule has 0 spiro atoms. The second-order valence-electron chi connectivity index (χ2n) is 8.57. The number of hydrogen-bond donors (Lipinski definition) is 1. The van der Waals surface area contributed by atoms with Crippen molar-refractivity contribution in [2.75, 3.05) is 0 Å². The van der Waals surface area contributed by atoms with Crippen LogP contribution >= 0.6 is 0 Å². The van der Waals surface area contributed by atoms with E-state index in [9.17, 15) is 9.59 Å². The van der Waals surface area contributed by atoms with Crippen LogP contribution in [0.5, 0.6) is 17.2 Å². The van der Waals surface area contributed by atoms with E-state index >= 15 is 0 Å². The van der Waals surface area contributed by atoms with E-state index in [4.69, 9.17) is 14.2 Å². The molecule has 0 aromatic heterocycles. The molecular weight excluding hydrogens is 480 g/mol. The Bertz CT molecular complexity index is 1380. The standard InChI is InChI=1S/C31H28N2O5/c1-22-7-6-10-26(19-22)31(35)38-29-13-11-24(12-14-29)20-32-33-30(34)23(2)37-28-17-15-27(16-18-28)36-21-25-8-4-3-5-9-25/h3-20,23H,21H2,1-2H3,(H,33,34). The highest BCUT2D eigenvalue weighted by Crippen LogP contribution is 2.20. The van der Waals surface area contributed by atoms with E-state index in [0.29, 0.717) is 29.4 Å². The van der Waals surface area contributed by atoms with Gasteiger partial charge in [-0.25, -0.2) is 10.2 Å². The van der Waals surface area contributed by atoms with Gasteiger partial charge in [-0.2, -0.15) is 5.10 Å². The Hall–Kier alpha value is -4.91. The van der Waals surface area contributed by atoms with Crippen LogP contribution in [0.2, 0.25) is 0 Å². The van der Waals surface area contributed by atoms with Gasteiger partial charge in [0.25, 0.3) is 5.91 Å². The van der Waals surface area contributed by atoms with Gasteiger partial charge < -0.3 is 14.2 Å². The number of esters is 1. The number of nitrogens with one attached hydrogen (secondary N) is 1. The molecule has 0 radical (unpaired) electrons. The molecule has 0 aliphatic carbocycles. The second kappa shape index (κ2) is 12.9. The quantitative estimate of drug-likeness (QED) is 0.128. The third kappa shape index (κ3) is 7.80. The average molecular weight is 509 g/mol. The lowest BCUT2D eigenvalue weighted by Gasteiger charge is -2.13. The van der Waals surface area contributed by atoms with Crippen molar-refractivity contribution in [3.8, 4) is 17.2 Å². The van der Waals surface area contributed by atoms with Crippen LogP contribution in [-0.2, 0) is 11.4 Å². The lowest BCUT2D eigenvalue weighted by molar-refractivity contribution is -0.127. The topological polar surface area (TPSA) is 86.2 Å². The van der Waals surface area contributed by atoms with Crippen LogP contribution in [0.1, 0.15) is 34.0 Å². The van der Waals surface area contributed by atoms with Gasteiger partial charge in [-0.15, -0.1) is 0 Å². The van der Waals surface area contributed by atoms with E-state index < -0.39 is 18.0 Å². The zero-order valence-electron chi connectivity index (χ0n) is 21.2. The minimum Gasteiger partial charge on any atom is -0.489 e. The third-order valence-corrected chi connectivity index (χ3v) is 5.49. The van der Waals surface area contributed by atoms with E-state index in [1.165, 1.54) is 6.21 Å². The van der Waals surface area contributed by atoms with E-state index in [0.717, 1.165) is 16.7 Å². The molecule has 4 aromatic rings. The molecule has 0 saturated carbocycles. The van der Waals surface area contributed by atoms with Gasteiger partial charge in [0.05, 0.1) is 11.8 Å². The van der Waals surface area contributed by atoms with Crippen molar-refractivity contribution in [2.45, 2.75) is 26.6 Å². The summed E-state index contributed by atoms with van der Waals surface area (Å²) in [6, 6.07) is 31.0. The summed E-state index contributed by atoms with van der Waals surface area (Å²) >= 11 is 0. The molecule has 4 rings (SSSR count). The van der Waals surface area contributed by atoms with Gasteiger partial charge in [0.15, 0.2) is 6.10 Å². The molecule has 0 aliphatic rings. The molecule has 4 aromatic carbocycles. The highest BCUT2D eigenvalue weighted by atomic mass is 16.5. The molecule has 192 valence electrons. The Morgan fingerprint density at radius 3 is 2.24 bits per heavy atom. The summed E-state index contributed by atoms with van der Waals surface area (Å²) in [5.74, 6) is 0.842. The number of hydrogen-bond acceptors (Lipinski definition) is 6. The van der Waals surface area contributed by atoms with Crippen LogP contribution in [0.25, 0.3) is 0 Å². The highest BCUT2D eigenvalue weighted by Gasteiger charge is 2.14. The fourth-order valence-electron chi connectivity index (χ4n) is 3.43. The number of rotatable bonds is 10. The van der Waals surface area contributed by atoms with E-state index in [2.05, 4.69) is 10.5 Å². The summed E-state index contributed by atoms with van der Waals surface area (Å²) in [6.07, 6.45) is 0.738. The van der Waals surface area contributed by atoms with Gasteiger partial charge in [-0.05, 0) is 85.6 Å². The number of ether oxygens (including phenoxy) is 3. The first-order valence-corrected chi connectivity index (χ1v) is 12.1. The number of carbonyl (C=O) groups excluding carboxylic acids is 2.